The minimum atomic E-state index is -0.440. The highest BCUT2D eigenvalue weighted by molar-refractivity contribution is 8.14. The van der Waals surface area contributed by atoms with E-state index in [1.54, 1.807) is 24.3 Å². The summed E-state index contributed by atoms with van der Waals surface area (Å²) < 4.78 is 24.2. The Morgan fingerprint density at radius 1 is 1.11 bits per heavy atom. The van der Waals surface area contributed by atoms with E-state index in [1.807, 2.05) is 37.3 Å². The van der Waals surface area contributed by atoms with Crippen molar-refractivity contribution in [3.63, 3.8) is 0 Å². The molecule has 0 fully saturated rings. The number of halogens is 1. The summed E-state index contributed by atoms with van der Waals surface area (Å²) in [6, 6.07) is 18.5. The Hall–Kier alpha value is -4.11. The average molecular weight is 490 g/mol. The Morgan fingerprint density at radius 2 is 1.91 bits per heavy atom. The number of fused-ring (bicyclic) bond motifs is 1. The first kappa shape index (κ1) is 22.7. The van der Waals surface area contributed by atoms with Gasteiger partial charge in [-0.15, -0.1) is 0 Å². The van der Waals surface area contributed by atoms with Gasteiger partial charge in [0.15, 0.2) is 16.7 Å². The zero-order valence-electron chi connectivity index (χ0n) is 18.7. The van der Waals surface area contributed by atoms with E-state index >= 15 is 0 Å². The molecule has 9 heteroatoms. The van der Waals surface area contributed by atoms with Gasteiger partial charge in [0, 0.05) is 5.69 Å². The predicted octanol–water partition coefficient (Wildman–Crippen LogP) is 4.98. The van der Waals surface area contributed by atoms with Crippen LogP contribution in [0.25, 0.3) is 6.08 Å². The third-order valence-corrected chi connectivity index (χ3v) is 6.20. The number of nitrogens with zero attached hydrogens (tertiary/aromatic N) is 2. The van der Waals surface area contributed by atoms with Crippen molar-refractivity contribution in [2.75, 3.05) is 22.8 Å². The van der Waals surface area contributed by atoms with Gasteiger partial charge in [0.2, 0.25) is 12.7 Å². The maximum atomic E-state index is 13.4. The number of amidine groups is 1. The van der Waals surface area contributed by atoms with Gasteiger partial charge in [-0.05, 0) is 61.0 Å². The number of carbonyl (C=O) groups is 2. The molecule has 0 bridgehead atoms. The molecule has 0 unspecified atom stereocenters. The fourth-order valence-corrected chi connectivity index (χ4v) is 4.38. The third kappa shape index (κ3) is 5.04. The Kier molecular flexibility index (Phi) is 6.24. The zero-order chi connectivity index (χ0) is 24.4. The van der Waals surface area contributed by atoms with Crippen molar-refractivity contribution in [2.24, 2.45) is 4.99 Å². The molecule has 2 aliphatic rings. The fourth-order valence-electron chi connectivity index (χ4n) is 3.57. The number of aryl methyl sites for hydroxylation is 1. The second-order valence-corrected chi connectivity index (χ2v) is 8.80. The van der Waals surface area contributed by atoms with Crippen LogP contribution in [0.1, 0.15) is 11.1 Å². The van der Waals surface area contributed by atoms with Crippen LogP contribution in [0.3, 0.4) is 0 Å². The summed E-state index contributed by atoms with van der Waals surface area (Å²) >= 11 is 1.12. The van der Waals surface area contributed by atoms with E-state index in [0.29, 0.717) is 28.0 Å². The number of carbonyl (C=O) groups excluding carboxylic acids is 2. The molecule has 5 rings (SSSR count). The van der Waals surface area contributed by atoms with Crippen LogP contribution in [-0.2, 0) is 9.59 Å². The van der Waals surface area contributed by atoms with E-state index in [1.165, 1.54) is 23.1 Å². The van der Waals surface area contributed by atoms with Crippen LogP contribution in [-0.4, -0.2) is 29.5 Å². The second kappa shape index (κ2) is 9.63. The summed E-state index contributed by atoms with van der Waals surface area (Å²) in [5.74, 6) is 0.155. The van der Waals surface area contributed by atoms with Crippen LogP contribution in [0.5, 0.6) is 11.5 Å². The predicted molar refractivity (Wildman–Crippen MR) is 134 cm³/mol. The highest BCUT2D eigenvalue weighted by Gasteiger charge is 2.32. The number of amides is 2. The lowest BCUT2D eigenvalue weighted by Crippen LogP contribution is -2.31. The lowest BCUT2D eigenvalue weighted by atomic mass is 10.1. The highest BCUT2D eigenvalue weighted by Crippen LogP contribution is 2.34. The number of hydrogen-bond donors (Lipinski definition) is 1. The normalized spacial score (nSPS) is 15.5. The molecule has 176 valence electrons. The Labute approximate surface area is 205 Å². The number of anilines is 2. The maximum Gasteiger partial charge on any atom is 0.283 e. The summed E-state index contributed by atoms with van der Waals surface area (Å²) in [7, 11) is 0. The molecular weight excluding hydrogens is 469 g/mol. The first-order valence-corrected chi connectivity index (χ1v) is 11.7. The molecule has 0 saturated carbocycles. The number of nitrogens with one attached hydrogen (secondary N) is 1. The van der Waals surface area contributed by atoms with Crippen molar-refractivity contribution in [2.45, 2.75) is 6.92 Å². The van der Waals surface area contributed by atoms with Gasteiger partial charge < -0.3 is 14.8 Å². The Morgan fingerprint density at radius 3 is 2.71 bits per heavy atom. The molecule has 0 radical (unpaired) electrons. The van der Waals surface area contributed by atoms with Crippen LogP contribution < -0.4 is 19.7 Å². The van der Waals surface area contributed by atoms with E-state index in [0.717, 1.165) is 22.9 Å². The van der Waals surface area contributed by atoms with Crippen molar-refractivity contribution >= 4 is 46.2 Å². The molecule has 3 aromatic carbocycles. The molecule has 2 aliphatic heterocycles. The lowest BCUT2D eigenvalue weighted by molar-refractivity contribution is -0.114. The van der Waals surface area contributed by atoms with E-state index in [2.05, 4.69) is 10.3 Å². The van der Waals surface area contributed by atoms with Crippen molar-refractivity contribution < 1.29 is 23.5 Å². The first-order chi connectivity index (χ1) is 17.0. The topological polar surface area (TPSA) is 80.2 Å². The standard InChI is InChI=1S/C26H20FN3O4S/c1-16-5-8-20(9-6-16)30-25(32)21(11-17-7-10-22-23(12-17)34-15-33-22)29-26(30)35-14-24(31)28-19-4-2-3-18(27)13-19/h2-13H,14-15H2,1H3,(H,28,31). The maximum absolute atomic E-state index is 13.4. The molecule has 0 aromatic heterocycles. The van der Waals surface area contributed by atoms with E-state index < -0.39 is 5.82 Å². The van der Waals surface area contributed by atoms with Crippen molar-refractivity contribution in [3.05, 3.63) is 89.4 Å². The van der Waals surface area contributed by atoms with Crippen molar-refractivity contribution in [1.82, 2.24) is 0 Å². The van der Waals surface area contributed by atoms with Gasteiger partial charge in [0.05, 0.1) is 11.4 Å². The summed E-state index contributed by atoms with van der Waals surface area (Å²) in [6.45, 7) is 2.12. The molecule has 2 heterocycles. The van der Waals surface area contributed by atoms with E-state index in [-0.39, 0.29) is 30.1 Å². The van der Waals surface area contributed by atoms with Gasteiger partial charge in [0.1, 0.15) is 11.5 Å². The Balaban J connectivity index is 1.39. The number of benzene rings is 3. The number of aliphatic imine (C=N–C) groups is 1. The molecule has 35 heavy (non-hydrogen) atoms. The van der Waals surface area contributed by atoms with Crippen LogP contribution in [0.15, 0.2) is 77.4 Å². The molecular formula is C26H20FN3O4S. The Bertz CT molecular complexity index is 1370. The smallest absolute Gasteiger partial charge is 0.283 e. The summed E-state index contributed by atoms with van der Waals surface area (Å²) in [4.78, 5) is 31.8. The van der Waals surface area contributed by atoms with Crippen LogP contribution >= 0.6 is 11.8 Å². The molecule has 2 amide bonds. The van der Waals surface area contributed by atoms with Crippen LogP contribution in [0.4, 0.5) is 15.8 Å². The van der Waals surface area contributed by atoms with E-state index in [9.17, 15) is 14.0 Å². The van der Waals surface area contributed by atoms with Gasteiger partial charge in [-0.1, -0.05) is 41.6 Å². The first-order valence-electron chi connectivity index (χ1n) is 10.8. The van der Waals surface area contributed by atoms with Gasteiger partial charge in [0.25, 0.3) is 5.91 Å². The lowest BCUT2D eigenvalue weighted by Gasteiger charge is -2.18. The van der Waals surface area contributed by atoms with Gasteiger partial charge in [-0.2, -0.15) is 0 Å². The molecule has 3 aromatic rings. The molecule has 1 N–H and O–H groups in total. The minimum absolute atomic E-state index is 0.0116. The van der Waals surface area contributed by atoms with Gasteiger partial charge in [-0.3, -0.25) is 14.5 Å². The van der Waals surface area contributed by atoms with Crippen LogP contribution in [0, 0.1) is 12.7 Å². The van der Waals surface area contributed by atoms with Crippen molar-refractivity contribution in [3.8, 4) is 11.5 Å². The van der Waals surface area contributed by atoms with E-state index in [4.69, 9.17) is 9.47 Å². The molecule has 7 nitrogen and oxygen atoms in total. The monoisotopic (exact) mass is 489 g/mol. The summed E-state index contributed by atoms with van der Waals surface area (Å²) in [6.07, 6.45) is 1.67. The molecule has 0 atom stereocenters. The largest absolute Gasteiger partial charge is 0.454 e. The number of ether oxygens (including phenoxy) is 2. The van der Waals surface area contributed by atoms with Gasteiger partial charge in [-0.25, -0.2) is 9.38 Å². The quantitative estimate of drug-likeness (QED) is 0.512. The zero-order valence-corrected chi connectivity index (χ0v) is 19.5. The highest BCUT2D eigenvalue weighted by atomic mass is 32.2. The van der Waals surface area contributed by atoms with Gasteiger partial charge >= 0.3 is 0 Å². The second-order valence-electron chi connectivity index (χ2n) is 7.86. The average Bonchev–Trinajstić information content (AvgIpc) is 3.42. The molecule has 0 spiro atoms. The minimum Gasteiger partial charge on any atom is -0.454 e. The summed E-state index contributed by atoms with van der Waals surface area (Å²) in [5, 5.41) is 3.03. The number of hydrogen-bond acceptors (Lipinski definition) is 6. The SMILES string of the molecule is Cc1ccc(N2C(=O)C(=Cc3ccc4c(c3)OCO4)N=C2SCC(=O)Nc2cccc(F)c2)cc1. The fraction of sp³-hybridized carbons (Fsp3) is 0.115. The summed E-state index contributed by atoms with van der Waals surface area (Å²) in [5.41, 5.74) is 3.03. The molecule has 0 saturated heterocycles. The van der Waals surface area contributed by atoms with Crippen LogP contribution in [0.2, 0.25) is 0 Å². The number of thioether (sulfide) groups is 1. The third-order valence-electron chi connectivity index (χ3n) is 5.26. The number of rotatable bonds is 5. The molecule has 0 aliphatic carbocycles. The van der Waals surface area contributed by atoms with Crippen molar-refractivity contribution in [1.29, 1.82) is 0 Å².